The minimum Gasteiger partial charge on any atom is -0.298 e. The second-order valence-electron chi connectivity index (χ2n) is 6.33. The summed E-state index contributed by atoms with van der Waals surface area (Å²) in [6.07, 6.45) is 8.27. The lowest BCUT2D eigenvalue weighted by molar-refractivity contribution is 0.199. The molecule has 4 heterocycles. The Morgan fingerprint density at radius 1 is 1.22 bits per heavy atom. The van der Waals surface area contributed by atoms with Gasteiger partial charge < -0.3 is 0 Å². The van der Waals surface area contributed by atoms with E-state index in [1.807, 2.05) is 24.1 Å². The summed E-state index contributed by atoms with van der Waals surface area (Å²) in [5, 5.41) is 0. The number of rotatable bonds is 3. The van der Waals surface area contributed by atoms with Gasteiger partial charge in [0.25, 0.3) is 0 Å². The molecule has 1 atom stereocenters. The maximum Gasteiger partial charge on any atom is 0.110 e. The zero-order chi connectivity index (χ0) is 15.8. The Labute approximate surface area is 140 Å². The number of piperidine rings is 1. The van der Waals surface area contributed by atoms with Crippen LogP contribution >= 0.6 is 11.3 Å². The van der Waals surface area contributed by atoms with Crippen molar-refractivity contribution in [2.24, 2.45) is 0 Å². The van der Waals surface area contributed by atoms with Crippen LogP contribution in [0.25, 0.3) is 5.52 Å². The number of aromatic nitrogens is 4. The summed E-state index contributed by atoms with van der Waals surface area (Å²) in [7, 11) is 0. The van der Waals surface area contributed by atoms with Crippen molar-refractivity contribution in [3.05, 3.63) is 46.2 Å². The Bertz CT molecular complexity index is 821. The summed E-state index contributed by atoms with van der Waals surface area (Å²) in [5.41, 5.74) is 5.51. The highest BCUT2D eigenvalue weighted by Gasteiger charge is 2.24. The van der Waals surface area contributed by atoms with Gasteiger partial charge in [-0.25, -0.2) is 9.97 Å². The van der Waals surface area contributed by atoms with Gasteiger partial charge in [-0.3, -0.25) is 14.3 Å². The van der Waals surface area contributed by atoms with Gasteiger partial charge in [-0.2, -0.15) is 0 Å². The standard InChI is InChI=1S/C17H21N5S/c1-12-17(23-11-20-12)10-21-5-3-4-14(9-21)16-8-18-6-15-7-19-13(2)22(15)16/h6-8,11,14H,3-5,9-10H2,1-2H3. The van der Waals surface area contributed by atoms with E-state index in [1.54, 1.807) is 11.3 Å². The normalized spacial score (nSPS) is 19.5. The zero-order valence-electron chi connectivity index (χ0n) is 13.6. The Hall–Kier alpha value is -1.79. The lowest BCUT2D eigenvalue weighted by Crippen LogP contribution is -2.34. The van der Waals surface area contributed by atoms with Gasteiger partial charge in [0, 0.05) is 35.8 Å². The number of imidazole rings is 1. The van der Waals surface area contributed by atoms with Crippen molar-refractivity contribution in [2.75, 3.05) is 13.1 Å². The van der Waals surface area contributed by atoms with Crippen LogP contribution < -0.4 is 0 Å². The van der Waals surface area contributed by atoms with Crippen molar-refractivity contribution in [3.63, 3.8) is 0 Å². The molecule has 0 radical (unpaired) electrons. The molecule has 0 aromatic carbocycles. The van der Waals surface area contributed by atoms with Crippen LogP contribution in [0.5, 0.6) is 0 Å². The quantitative estimate of drug-likeness (QED) is 0.741. The molecule has 120 valence electrons. The Morgan fingerprint density at radius 3 is 2.96 bits per heavy atom. The molecule has 0 N–H and O–H groups in total. The minimum absolute atomic E-state index is 0.515. The molecule has 1 aliphatic rings. The summed E-state index contributed by atoms with van der Waals surface area (Å²) in [5.74, 6) is 1.56. The van der Waals surface area contributed by atoms with Gasteiger partial charge in [0.05, 0.1) is 29.1 Å². The van der Waals surface area contributed by atoms with E-state index in [2.05, 4.69) is 38.1 Å². The van der Waals surface area contributed by atoms with E-state index in [4.69, 9.17) is 0 Å². The van der Waals surface area contributed by atoms with Crippen LogP contribution in [0, 0.1) is 13.8 Å². The van der Waals surface area contributed by atoms with Crippen LogP contribution in [0.2, 0.25) is 0 Å². The first-order chi connectivity index (χ1) is 11.2. The molecule has 3 aromatic heterocycles. The smallest absolute Gasteiger partial charge is 0.110 e. The van der Waals surface area contributed by atoms with Crippen molar-refractivity contribution in [2.45, 2.75) is 39.2 Å². The number of aryl methyl sites for hydroxylation is 2. The molecule has 0 aliphatic carbocycles. The predicted octanol–water partition coefficient (Wildman–Crippen LogP) is 3.18. The molecule has 1 unspecified atom stereocenters. The van der Waals surface area contributed by atoms with Crippen molar-refractivity contribution in [1.82, 2.24) is 24.3 Å². The van der Waals surface area contributed by atoms with E-state index in [-0.39, 0.29) is 0 Å². The molecule has 1 fully saturated rings. The Balaban J connectivity index is 1.59. The van der Waals surface area contributed by atoms with Crippen LogP contribution in [0.1, 0.15) is 40.8 Å². The molecule has 0 bridgehead atoms. The lowest BCUT2D eigenvalue weighted by atomic mass is 9.94. The number of likely N-dealkylation sites (tertiary alicyclic amines) is 1. The van der Waals surface area contributed by atoms with Crippen molar-refractivity contribution >= 4 is 16.9 Å². The number of hydrogen-bond acceptors (Lipinski definition) is 5. The fourth-order valence-electron chi connectivity index (χ4n) is 3.55. The molecular weight excluding hydrogens is 306 g/mol. The fourth-order valence-corrected chi connectivity index (χ4v) is 4.36. The van der Waals surface area contributed by atoms with E-state index < -0.39 is 0 Å². The third kappa shape index (κ3) is 2.77. The van der Waals surface area contributed by atoms with Crippen LogP contribution in [-0.2, 0) is 6.54 Å². The highest BCUT2D eigenvalue weighted by Crippen LogP contribution is 2.29. The summed E-state index contributed by atoms with van der Waals surface area (Å²) >= 11 is 1.77. The molecule has 1 aliphatic heterocycles. The Morgan fingerprint density at radius 2 is 2.13 bits per heavy atom. The second-order valence-corrected chi connectivity index (χ2v) is 7.27. The molecule has 0 spiro atoms. The van der Waals surface area contributed by atoms with Gasteiger partial charge >= 0.3 is 0 Å². The summed E-state index contributed by atoms with van der Waals surface area (Å²) in [4.78, 5) is 17.2. The molecule has 4 rings (SSSR count). The second kappa shape index (κ2) is 6.02. The topological polar surface area (TPSA) is 46.3 Å². The first kappa shape index (κ1) is 14.8. The monoisotopic (exact) mass is 327 g/mol. The van der Waals surface area contributed by atoms with Crippen LogP contribution in [-0.4, -0.2) is 37.3 Å². The first-order valence-corrected chi connectivity index (χ1v) is 8.99. The van der Waals surface area contributed by atoms with Crippen molar-refractivity contribution < 1.29 is 0 Å². The summed E-state index contributed by atoms with van der Waals surface area (Å²) < 4.78 is 2.26. The highest BCUT2D eigenvalue weighted by atomic mass is 32.1. The maximum atomic E-state index is 4.45. The van der Waals surface area contributed by atoms with Gasteiger partial charge in [0.15, 0.2) is 0 Å². The molecule has 6 heteroatoms. The zero-order valence-corrected chi connectivity index (χ0v) is 14.4. The van der Waals surface area contributed by atoms with Gasteiger partial charge in [-0.1, -0.05) is 0 Å². The van der Waals surface area contributed by atoms with Gasteiger partial charge in [0.1, 0.15) is 5.82 Å². The molecule has 1 saturated heterocycles. The number of thiazole rings is 1. The molecule has 0 saturated carbocycles. The number of nitrogens with zero attached hydrogens (tertiary/aromatic N) is 5. The van der Waals surface area contributed by atoms with Crippen LogP contribution in [0.15, 0.2) is 24.1 Å². The maximum absolute atomic E-state index is 4.45. The van der Waals surface area contributed by atoms with Crippen molar-refractivity contribution in [1.29, 1.82) is 0 Å². The van der Waals surface area contributed by atoms with Crippen LogP contribution in [0.3, 0.4) is 0 Å². The summed E-state index contributed by atoms with van der Waals surface area (Å²) in [6, 6.07) is 0. The largest absolute Gasteiger partial charge is 0.298 e. The van der Waals surface area contributed by atoms with E-state index >= 15 is 0 Å². The van der Waals surface area contributed by atoms with Gasteiger partial charge in [-0.15, -0.1) is 11.3 Å². The predicted molar refractivity (Wildman–Crippen MR) is 91.8 cm³/mol. The van der Waals surface area contributed by atoms with Gasteiger partial charge in [0.2, 0.25) is 0 Å². The SMILES string of the molecule is Cc1ncsc1CN1CCCC(c2cncc3cnc(C)n23)C1. The fraction of sp³-hybridized carbons (Fsp3) is 0.471. The highest BCUT2D eigenvalue weighted by molar-refractivity contribution is 7.09. The molecule has 5 nitrogen and oxygen atoms in total. The lowest BCUT2D eigenvalue weighted by Gasteiger charge is -2.33. The molecule has 3 aromatic rings. The molecule has 23 heavy (non-hydrogen) atoms. The third-order valence-corrected chi connectivity index (χ3v) is 5.69. The van der Waals surface area contributed by atoms with E-state index in [1.165, 1.54) is 35.7 Å². The number of fused-ring (bicyclic) bond motifs is 1. The molecular formula is C17H21N5S. The average molecular weight is 327 g/mol. The number of hydrogen-bond donors (Lipinski definition) is 0. The Kier molecular flexibility index (Phi) is 3.87. The molecule has 0 amide bonds. The van der Waals surface area contributed by atoms with E-state index in [9.17, 15) is 0 Å². The van der Waals surface area contributed by atoms with Crippen LogP contribution in [0.4, 0.5) is 0 Å². The average Bonchev–Trinajstić information content (AvgIpc) is 3.14. The van der Waals surface area contributed by atoms with E-state index in [0.717, 1.165) is 24.4 Å². The van der Waals surface area contributed by atoms with Crippen molar-refractivity contribution in [3.8, 4) is 0 Å². The first-order valence-electron chi connectivity index (χ1n) is 8.11. The third-order valence-electron chi connectivity index (χ3n) is 4.77. The van der Waals surface area contributed by atoms with Gasteiger partial charge in [-0.05, 0) is 33.2 Å². The minimum atomic E-state index is 0.515. The van der Waals surface area contributed by atoms with E-state index in [0.29, 0.717) is 5.92 Å². The summed E-state index contributed by atoms with van der Waals surface area (Å²) in [6.45, 7) is 7.43.